The van der Waals surface area contributed by atoms with Crippen molar-refractivity contribution < 1.29 is 4.74 Å². The largest absolute Gasteiger partial charge is 0.381 e. The average molecular weight is 441 g/mol. The fraction of sp³-hybridized carbons (Fsp3) is 0.935. The Bertz CT molecular complexity index is 792. The minimum atomic E-state index is 0.274. The van der Waals surface area contributed by atoms with Crippen molar-refractivity contribution in [2.75, 3.05) is 7.11 Å². The Morgan fingerprint density at radius 3 is 2.16 bits per heavy atom. The summed E-state index contributed by atoms with van der Waals surface area (Å²) < 4.78 is 6.03. The summed E-state index contributed by atoms with van der Waals surface area (Å²) in [4.78, 5) is 0. The van der Waals surface area contributed by atoms with Crippen LogP contribution in [0.2, 0.25) is 0 Å². The van der Waals surface area contributed by atoms with E-state index in [0.29, 0.717) is 27.8 Å². The van der Waals surface area contributed by atoms with Crippen LogP contribution in [-0.2, 0) is 4.74 Å². The maximum Gasteiger partial charge on any atom is 0.0625 e. The molecule has 5 aliphatic rings. The fourth-order valence-corrected chi connectivity index (χ4v) is 11.7. The zero-order valence-electron chi connectivity index (χ0n) is 22.8. The Balaban J connectivity index is 1.54. The summed E-state index contributed by atoms with van der Waals surface area (Å²) in [6.07, 6.45) is 15.8. The molecule has 0 saturated heterocycles. The Morgan fingerprint density at radius 2 is 1.50 bits per heavy atom. The zero-order valence-corrected chi connectivity index (χ0v) is 22.8. The first-order chi connectivity index (χ1) is 14.9. The second kappa shape index (κ2) is 7.11. The predicted molar refractivity (Wildman–Crippen MR) is 135 cm³/mol. The first-order valence-electron chi connectivity index (χ1n) is 14.1. The van der Waals surface area contributed by atoms with Crippen molar-refractivity contribution in [3.8, 4) is 0 Å². The molecule has 0 amide bonds. The molecule has 0 spiro atoms. The molecule has 182 valence electrons. The van der Waals surface area contributed by atoms with Gasteiger partial charge in [0.2, 0.25) is 0 Å². The second-order valence-corrected chi connectivity index (χ2v) is 14.9. The number of allylic oxidation sites excluding steroid dienone is 2. The standard InChI is InChI=1S/C31H52O/c1-20(2)21-10-13-25-29(21,6)18-19-30(7)23-11-12-24-27(3,4)26(32-9)15-16-28(24,5)22(23)14-17-31(25,30)8/h14,20-21,23-26H,10-13,15-19H2,1-9H3/t21-,23-,24-,25+,26-,28+,29+,30+,31-/m0/s1. The average Bonchev–Trinajstić information content (AvgIpc) is 3.08. The summed E-state index contributed by atoms with van der Waals surface area (Å²) in [6.45, 7) is 20.9. The molecule has 32 heavy (non-hydrogen) atoms. The van der Waals surface area contributed by atoms with Crippen LogP contribution in [0, 0.1) is 56.7 Å². The summed E-state index contributed by atoms with van der Waals surface area (Å²) in [5.41, 5.74) is 4.05. The van der Waals surface area contributed by atoms with Crippen molar-refractivity contribution in [2.24, 2.45) is 56.7 Å². The van der Waals surface area contributed by atoms with Crippen molar-refractivity contribution in [2.45, 2.75) is 119 Å². The first kappa shape index (κ1) is 23.4. The highest BCUT2D eigenvalue weighted by Gasteiger charge is 2.68. The highest BCUT2D eigenvalue weighted by atomic mass is 16.5. The van der Waals surface area contributed by atoms with Crippen LogP contribution < -0.4 is 0 Å². The van der Waals surface area contributed by atoms with Crippen LogP contribution in [0.25, 0.3) is 0 Å². The number of hydrogen-bond donors (Lipinski definition) is 0. The maximum atomic E-state index is 6.03. The van der Waals surface area contributed by atoms with Crippen molar-refractivity contribution in [3.63, 3.8) is 0 Å². The van der Waals surface area contributed by atoms with Gasteiger partial charge in [0.25, 0.3) is 0 Å². The van der Waals surface area contributed by atoms with Crippen LogP contribution in [0.5, 0.6) is 0 Å². The minimum absolute atomic E-state index is 0.274. The van der Waals surface area contributed by atoms with E-state index in [-0.39, 0.29) is 5.41 Å². The Labute approximate surface area is 199 Å². The van der Waals surface area contributed by atoms with Gasteiger partial charge >= 0.3 is 0 Å². The number of hydrogen-bond acceptors (Lipinski definition) is 1. The molecule has 0 heterocycles. The van der Waals surface area contributed by atoms with Gasteiger partial charge in [-0.05, 0) is 114 Å². The van der Waals surface area contributed by atoms with E-state index in [1.54, 1.807) is 0 Å². The van der Waals surface area contributed by atoms with Crippen LogP contribution >= 0.6 is 0 Å². The van der Waals surface area contributed by atoms with Crippen molar-refractivity contribution in [3.05, 3.63) is 11.6 Å². The fourth-order valence-electron chi connectivity index (χ4n) is 11.7. The molecule has 0 radical (unpaired) electrons. The van der Waals surface area contributed by atoms with Crippen molar-refractivity contribution in [1.82, 2.24) is 0 Å². The lowest BCUT2D eigenvalue weighted by Gasteiger charge is -2.69. The van der Waals surface area contributed by atoms with Crippen molar-refractivity contribution >= 4 is 0 Å². The van der Waals surface area contributed by atoms with Gasteiger partial charge in [0.05, 0.1) is 6.10 Å². The third kappa shape index (κ3) is 2.67. The van der Waals surface area contributed by atoms with E-state index in [9.17, 15) is 0 Å². The third-order valence-electron chi connectivity index (χ3n) is 13.5. The van der Waals surface area contributed by atoms with E-state index in [4.69, 9.17) is 4.74 Å². The molecule has 0 unspecified atom stereocenters. The van der Waals surface area contributed by atoms with Gasteiger partial charge in [-0.3, -0.25) is 0 Å². The third-order valence-corrected chi connectivity index (χ3v) is 13.5. The summed E-state index contributed by atoms with van der Waals surface area (Å²) in [5, 5.41) is 0. The molecule has 9 atom stereocenters. The highest BCUT2D eigenvalue weighted by Crippen LogP contribution is 2.76. The first-order valence-corrected chi connectivity index (χ1v) is 14.1. The van der Waals surface area contributed by atoms with Crippen molar-refractivity contribution in [1.29, 1.82) is 0 Å². The lowest BCUT2D eigenvalue weighted by molar-refractivity contribution is -0.168. The van der Waals surface area contributed by atoms with Gasteiger partial charge in [-0.2, -0.15) is 0 Å². The summed E-state index contributed by atoms with van der Waals surface area (Å²) in [6, 6.07) is 0. The zero-order chi connectivity index (χ0) is 23.3. The minimum Gasteiger partial charge on any atom is -0.381 e. The Hall–Kier alpha value is -0.300. The van der Waals surface area contributed by atoms with Gasteiger partial charge in [-0.15, -0.1) is 0 Å². The molecule has 0 aromatic heterocycles. The molecule has 0 aromatic carbocycles. The Morgan fingerprint density at radius 1 is 0.812 bits per heavy atom. The van der Waals surface area contributed by atoms with E-state index >= 15 is 0 Å². The van der Waals surface area contributed by atoms with Gasteiger partial charge in [-0.1, -0.05) is 67.0 Å². The van der Waals surface area contributed by atoms with E-state index in [1.807, 2.05) is 12.7 Å². The summed E-state index contributed by atoms with van der Waals surface area (Å²) in [7, 11) is 1.94. The SMILES string of the molecule is CO[C@H]1CC[C@]2(C)C3=CC[C@@]4(C)[C@@H]5CC[C@@H](C(C)C)[C@@]5(C)CC[C@]4(C)[C@H]3CC[C@H]2C1(C)C. The van der Waals surface area contributed by atoms with Crippen LogP contribution in [-0.4, -0.2) is 13.2 Å². The molecule has 0 N–H and O–H groups in total. The molecule has 0 aromatic rings. The normalized spacial score (nSPS) is 54.3. The molecule has 0 bridgehead atoms. The molecule has 4 saturated carbocycles. The molecule has 0 aliphatic heterocycles. The highest BCUT2D eigenvalue weighted by molar-refractivity contribution is 5.33. The van der Waals surface area contributed by atoms with Gasteiger partial charge in [0.1, 0.15) is 0 Å². The van der Waals surface area contributed by atoms with Gasteiger partial charge < -0.3 is 4.74 Å². The summed E-state index contributed by atoms with van der Waals surface area (Å²) >= 11 is 0. The van der Waals surface area contributed by atoms with E-state index < -0.39 is 0 Å². The van der Waals surface area contributed by atoms with E-state index in [2.05, 4.69) is 61.5 Å². The maximum absolute atomic E-state index is 6.03. The van der Waals surface area contributed by atoms with Crippen LogP contribution in [0.3, 0.4) is 0 Å². The lowest BCUT2D eigenvalue weighted by Crippen LogP contribution is -2.62. The van der Waals surface area contributed by atoms with Gasteiger partial charge in [0.15, 0.2) is 0 Å². The molecule has 5 aliphatic carbocycles. The molecule has 5 rings (SSSR count). The molecular formula is C31H52O. The quantitative estimate of drug-likeness (QED) is 0.390. The van der Waals surface area contributed by atoms with Gasteiger partial charge in [0, 0.05) is 7.11 Å². The topological polar surface area (TPSA) is 9.23 Å². The lowest BCUT2D eigenvalue weighted by atomic mass is 9.35. The number of ether oxygens (including phenoxy) is 1. The second-order valence-electron chi connectivity index (χ2n) is 14.9. The monoisotopic (exact) mass is 440 g/mol. The number of fused-ring (bicyclic) bond motifs is 7. The summed E-state index contributed by atoms with van der Waals surface area (Å²) in [5.74, 6) is 4.23. The number of methoxy groups -OCH3 is 1. The molecule has 1 heteroatoms. The Kier molecular flexibility index (Phi) is 5.21. The van der Waals surface area contributed by atoms with Crippen LogP contribution in [0.4, 0.5) is 0 Å². The van der Waals surface area contributed by atoms with E-state index in [1.165, 1.54) is 57.8 Å². The predicted octanol–water partition coefficient (Wildman–Crippen LogP) is 8.68. The smallest absolute Gasteiger partial charge is 0.0625 e. The van der Waals surface area contributed by atoms with E-state index in [0.717, 1.165) is 29.6 Å². The molecule has 4 fully saturated rings. The van der Waals surface area contributed by atoms with Crippen LogP contribution in [0.15, 0.2) is 11.6 Å². The number of rotatable bonds is 2. The van der Waals surface area contributed by atoms with Gasteiger partial charge in [-0.25, -0.2) is 0 Å². The van der Waals surface area contributed by atoms with Crippen LogP contribution in [0.1, 0.15) is 113 Å². The molecular weight excluding hydrogens is 388 g/mol. The molecule has 1 nitrogen and oxygen atoms in total.